The summed E-state index contributed by atoms with van der Waals surface area (Å²) in [4.78, 5) is 0. The van der Waals surface area contributed by atoms with Crippen molar-refractivity contribution in [3.05, 3.63) is 42.7 Å². The van der Waals surface area contributed by atoms with Gasteiger partial charge < -0.3 is 10.1 Å². The fraction of sp³-hybridized carbons (Fsp3) is 0.385. The van der Waals surface area contributed by atoms with Crippen molar-refractivity contribution >= 4 is 5.69 Å². The fourth-order valence-corrected chi connectivity index (χ4v) is 1.27. The second-order valence-corrected chi connectivity index (χ2v) is 3.48. The monoisotopic (exact) mass is 223 g/mol. The van der Waals surface area contributed by atoms with Crippen LogP contribution in [0.15, 0.2) is 36.9 Å². The third-order valence-corrected chi connectivity index (χ3v) is 2.12. The minimum atomic E-state index is -0.216. The lowest BCUT2D eigenvalue weighted by atomic mass is 10.3. The fourth-order valence-electron chi connectivity index (χ4n) is 1.27. The number of allylic oxidation sites excluding steroid dienone is 1. The molecule has 0 unspecified atom stereocenters. The van der Waals surface area contributed by atoms with Crippen molar-refractivity contribution in [2.24, 2.45) is 0 Å². The summed E-state index contributed by atoms with van der Waals surface area (Å²) < 4.78 is 18.0. The van der Waals surface area contributed by atoms with Gasteiger partial charge in [-0.05, 0) is 37.1 Å². The SMILES string of the molecule is C=CCCCOCCNc1ccc(F)cc1. The van der Waals surface area contributed by atoms with E-state index in [0.717, 1.165) is 31.7 Å². The van der Waals surface area contributed by atoms with E-state index in [4.69, 9.17) is 4.74 Å². The molecule has 0 saturated heterocycles. The molecule has 16 heavy (non-hydrogen) atoms. The number of halogens is 1. The van der Waals surface area contributed by atoms with Crippen LogP contribution < -0.4 is 5.32 Å². The van der Waals surface area contributed by atoms with Gasteiger partial charge in [-0.25, -0.2) is 4.39 Å². The van der Waals surface area contributed by atoms with Crippen LogP contribution in [0.25, 0.3) is 0 Å². The summed E-state index contributed by atoms with van der Waals surface area (Å²) in [5.74, 6) is -0.216. The van der Waals surface area contributed by atoms with Crippen LogP contribution in [0.5, 0.6) is 0 Å². The molecule has 0 radical (unpaired) electrons. The molecule has 0 aliphatic heterocycles. The summed E-state index contributed by atoms with van der Waals surface area (Å²) in [6, 6.07) is 6.31. The summed E-state index contributed by atoms with van der Waals surface area (Å²) >= 11 is 0. The molecule has 1 aromatic rings. The predicted octanol–water partition coefficient (Wildman–Crippen LogP) is 3.22. The Morgan fingerprint density at radius 3 is 2.69 bits per heavy atom. The van der Waals surface area contributed by atoms with Gasteiger partial charge in [-0.3, -0.25) is 0 Å². The molecule has 0 atom stereocenters. The number of unbranched alkanes of at least 4 members (excludes halogenated alkanes) is 1. The first-order valence-corrected chi connectivity index (χ1v) is 5.51. The zero-order valence-corrected chi connectivity index (χ0v) is 9.42. The van der Waals surface area contributed by atoms with Gasteiger partial charge in [0.1, 0.15) is 5.82 Å². The minimum absolute atomic E-state index is 0.216. The molecule has 1 N–H and O–H groups in total. The Bertz CT molecular complexity index is 297. The van der Waals surface area contributed by atoms with Gasteiger partial charge in [0.25, 0.3) is 0 Å². The predicted molar refractivity (Wildman–Crippen MR) is 65.1 cm³/mol. The van der Waals surface area contributed by atoms with E-state index in [1.807, 2.05) is 6.08 Å². The van der Waals surface area contributed by atoms with Crippen LogP contribution in [-0.4, -0.2) is 19.8 Å². The molecule has 0 aliphatic carbocycles. The molecule has 0 saturated carbocycles. The number of hydrogen-bond acceptors (Lipinski definition) is 2. The topological polar surface area (TPSA) is 21.3 Å². The average molecular weight is 223 g/mol. The molecule has 0 heterocycles. The van der Waals surface area contributed by atoms with Gasteiger partial charge >= 0.3 is 0 Å². The summed E-state index contributed by atoms with van der Waals surface area (Å²) in [5, 5.41) is 3.15. The van der Waals surface area contributed by atoms with Gasteiger partial charge in [0.15, 0.2) is 0 Å². The molecular formula is C13H18FNO. The van der Waals surface area contributed by atoms with Crippen LogP contribution in [0.2, 0.25) is 0 Å². The van der Waals surface area contributed by atoms with Gasteiger partial charge in [-0.15, -0.1) is 6.58 Å². The first-order chi connectivity index (χ1) is 7.83. The Kier molecular flexibility index (Phi) is 6.26. The third kappa shape index (κ3) is 5.51. The maximum Gasteiger partial charge on any atom is 0.123 e. The Hall–Kier alpha value is -1.35. The molecule has 1 aromatic carbocycles. The van der Waals surface area contributed by atoms with Gasteiger partial charge in [-0.1, -0.05) is 6.08 Å². The normalized spacial score (nSPS) is 10.1. The maximum absolute atomic E-state index is 12.6. The Morgan fingerprint density at radius 2 is 2.00 bits per heavy atom. The van der Waals surface area contributed by atoms with E-state index in [-0.39, 0.29) is 5.82 Å². The molecular weight excluding hydrogens is 205 g/mol. The van der Waals surface area contributed by atoms with E-state index in [1.54, 1.807) is 12.1 Å². The molecule has 0 aromatic heterocycles. The molecule has 88 valence electrons. The highest BCUT2D eigenvalue weighted by Gasteiger charge is 1.92. The van der Waals surface area contributed by atoms with Gasteiger partial charge in [0.05, 0.1) is 6.61 Å². The maximum atomic E-state index is 12.6. The number of benzene rings is 1. The van der Waals surface area contributed by atoms with Crippen LogP contribution in [0, 0.1) is 5.82 Å². The van der Waals surface area contributed by atoms with Crippen molar-refractivity contribution in [1.82, 2.24) is 0 Å². The molecule has 1 rings (SSSR count). The quantitative estimate of drug-likeness (QED) is 0.539. The number of ether oxygens (including phenoxy) is 1. The van der Waals surface area contributed by atoms with E-state index < -0.39 is 0 Å². The van der Waals surface area contributed by atoms with Crippen molar-refractivity contribution in [3.8, 4) is 0 Å². The first kappa shape index (κ1) is 12.7. The lowest BCUT2D eigenvalue weighted by Crippen LogP contribution is -2.09. The highest BCUT2D eigenvalue weighted by molar-refractivity contribution is 5.42. The third-order valence-electron chi connectivity index (χ3n) is 2.12. The number of nitrogens with one attached hydrogen (secondary N) is 1. The van der Waals surface area contributed by atoms with Gasteiger partial charge in [-0.2, -0.15) is 0 Å². The lowest BCUT2D eigenvalue weighted by molar-refractivity contribution is 0.142. The second-order valence-electron chi connectivity index (χ2n) is 3.48. The zero-order chi connectivity index (χ0) is 11.6. The van der Waals surface area contributed by atoms with E-state index in [1.165, 1.54) is 12.1 Å². The number of hydrogen-bond donors (Lipinski definition) is 1. The molecule has 0 spiro atoms. The lowest BCUT2D eigenvalue weighted by Gasteiger charge is -2.06. The molecule has 2 nitrogen and oxygen atoms in total. The molecule has 0 bridgehead atoms. The summed E-state index contributed by atoms with van der Waals surface area (Å²) in [6.45, 7) is 5.80. The van der Waals surface area contributed by atoms with Crippen LogP contribution >= 0.6 is 0 Å². The van der Waals surface area contributed by atoms with E-state index in [0.29, 0.717) is 6.61 Å². The van der Waals surface area contributed by atoms with Gasteiger partial charge in [0, 0.05) is 18.8 Å². The minimum Gasteiger partial charge on any atom is -0.383 e. The summed E-state index contributed by atoms with van der Waals surface area (Å²) in [5.41, 5.74) is 0.913. The second kappa shape index (κ2) is 7.88. The van der Waals surface area contributed by atoms with Crippen molar-refractivity contribution < 1.29 is 9.13 Å². The van der Waals surface area contributed by atoms with E-state index in [9.17, 15) is 4.39 Å². The summed E-state index contributed by atoms with van der Waals surface area (Å²) in [7, 11) is 0. The number of rotatable bonds is 8. The van der Waals surface area contributed by atoms with Crippen molar-refractivity contribution in [1.29, 1.82) is 0 Å². The standard InChI is InChI=1S/C13H18FNO/c1-2-3-4-10-16-11-9-15-13-7-5-12(14)6-8-13/h2,5-8,15H,1,3-4,9-11H2. The Morgan fingerprint density at radius 1 is 1.25 bits per heavy atom. The number of anilines is 1. The Labute approximate surface area is 96.1 Å². The zero-order valence-electron chi connectivity index (χ0n) is 9.42. The molecule has 0 fully saturated rings. The van der Waals surface area contributed by atoms with E-state index in [2.05, 4.69) is 11.9 Å². The average Bonchev–Trinajstić information content (AvgIpc) is 2.30. The van der Waals surface area contributed by atoms with Crippen molar-refractivity contribution in [2.45, 2.75) is 12.8 Å². The summed E-state index contributed by atoms with van der Waals surface area (Å²) in [6.07, 6.45) is 3.89. The van der Waals surface area contributed by atoms with Crippen LogP contribution in [0.1, 0.15) is 12.8 Å². The highest BCUT2D eigenvalue weighted by atomic mass is 19.1. The van der Waals surface area contributed by atoms with Crippen molar-refractivity contribution in [2.75, 3.05) is 25.1 Å². The molecule has 0 amide bonds. The molecule has 0 aliphatic rings. The smallest absolute Gasteiger partial charge is 0.123 e. The highest BCUT2D eigenvalue weighted by Crippen LogP contribution is 2.07. The first-order valence-electron chi connectivity index (χ1n) is 5.51. The largest absolute Gasteiger partial charge is 0.383 e. The van der Waals surface area contributed by atoms with Crippen LogP contribution in [0.4, 0.5) is 10.1 Å². The molecule has 3 heteroatoms. The van der Waals surface area contributed by atoms with E-state index >= 15 is 0 Å². The van der Waals surface area contributed by atoms with Gasteiger partial charge in [0.2, 0.25) is 0 Å². The van der Waals surface area contributed by atoms with Crippen LogP contribution in [0.3, 0.4) is 0 Å². The van der Waals surface area contributed by atoms with Crippen molar-refractivity contribution in [3.63, 3.8) is 0 Å². The Balaban J connectivity index is 2.02. The van der Waals surface area contributed by atoms with Crippen LogP contribution in [-0.2, 0) is 4.74 Å².